The molecule has 3 nitrogen and oxygen atoms in total. The first kappa shape index (κ1) is 18.9. The molecule has 3 atom stereocenters. The molecular weight excluding hydrogens is 280 g/mol. The van der Waals surface area contributed by atoms with Crippen LogP contribution >= 0.6 is 0 Å². The lowest BCUT2D eigenvalue weighted by molar-refractivity contribution is -0.125. The van der Waals surface area contributed by atoms with Gasteiger partial charge in [-0.3, -0.25) is 0 Å². The van der Waals surface area contributed by atoms with Gasteiger partial charge in [0, 0.05) is 0 Å². The lowest BCUT2D eigenvalue weighted by Crippen LogP contribution is -2.54. The highest BCUT2D eigenvalue weighted by atomic mass is 28.4. The molecule has 0 radical (unpaired) electrons. The lowest BCUT2D eigenvalue weighted by Gasteiger charge is -2.44. The van der Waals surface area contributed by atoms with Gasteiger partial charge in [0.15, 0.2) is 8.32 Å². The van der Waals surface area contributed by atoms with Crippen LogP contribution in [-0.2, 0) is 9.16 Å². The second-order valence-corrected chi connectivity index (χ2v) is 13.5. The quantitative estimate of drug-likeness (QED) is 0.622. The van der Waals surface area contributed by atoms with Crippen molar-refractivity contribution < 1.29 is 14.3 Å². The Morgan fingerprint density at radius 3 is 2.05 bits per heavy atom. The van der Waals surface area contributed by atoms with Crippen molar-refractivity contribution in [3.63, 3.8) is 0 Å². The summed E-state index contributed by atoms with van der Waals surface area (Å²) >= 11 is 0. The normalized spacial score (nSPS) is 31.0. The van der Waals surface area contributed by atoms with Gasteiger partial charge in [-0.05, 0) is 45.3 Å². The van der Waals surface area contributed by atoms with E-state index >= 15 is 0 Å². The molecular formula is C17H34O3Si. The first-order chi connectivity index (χ1) is 9.22. The molecule has 21 heavy (non-hydrogen) atoms. The number of rotatable bonds is 4. The van der Waals surface area contributed by atoms with E-state index in [0.717, 1.165) is 0 Å². The van der Waals surface area contributed by atoms with Crippen LogP contribution in [0.5, 0.6) is 0 Å². The summed E-state index contributed by atoms with van der Waals surface area (Å²) in [5.74, 6) is 0. The molecule has 1 aliphatic carbocycles. The maximum absolute atomic E-state index is 10.9. The van der Waals surface area contributed by atoms with Crippen LogP contribution in [0.4, 0.5) is 0 Å². The van der Waals surface area contributed by atoms with Crippen LogP contribution in [0.15, 0.2) is 12.2 Å². The summed E-state index contributed by atoms with van der Waals surface area (Å²) in [6.45, 7) is 19.2. The Kier molecular flexibility index (Phi) is 5.22. The van der Waals surface area contributed by atoms with Gasteiger partial charge >= 0.3 is 0 Å². The maximum atomic E-state index is 10.9. The van der Waals surface area contributed by atoms with Gasteiger partial charge in [0.1, 0.15) is 17.8 Å². The fourth-order valence-electron chi connectivity index (χ4n) is 2.23. The first-order valence-corrected chi connectivity index (χ1v) is 10.9. The first-order valence-electron chi connectivity index (χ1n) is 7.99. The van der Waals surface area contributed by atoms with Crippen molar-refractivity contribution in [2.75, 3.05) is 0 Å². The van der Waals surface area contributed by atoms with Crippen molar-refractivity contribution in [2.45, 2.75) is 96.4 Å². The Hall–Kier alpha value is -0.163. The minimum Gasteiger partial charge on any atom is -0.408 e. The number of ether oxygens (including phenoxy) is 1. The van der Waals surface area contributed by atoms with Gasteiger partial charge in [-0.2, -0.15) is 0 Å². The van der Waals surface area contributed by atoms with Crippen LogP contribution < -0.4 is 0 Å². The van der Waals surface area contributed by atoms with E-state index in [9.17, 15) is 5.11 Å². The predicted octanol–water partition coefficient (Wildman–Crippen LogP) is 4.27. The van der Waals surface area contributed by atoms with Crippen LogP contribution in [0.25, 0.3) is 0 Å². The highest BCUT2D eigenvalue weighted by molar-refractivity contribution is 6.74. The van der Waals surface area contributed by atoms with E-state index in [4.69, 9.17) is 9.16 Å². The molecule has 0 saturated carbocycles. The van der Waals surface area contributed by atoms with E-state index in [1.807, 2.05) is 39.8 Å². The van der Waals surface area contributed by atoms with Crippen molar-refractivity contribution >= 4 is 8.32 Å². The second kappa shape index (κ2) is 5.80. The Labute approximate surface area is 131 Å². The van der Waals surface area contributed by atoms with Gasteiger partial charge in [0.2, 0.25) is 0 Å². The van der Waals surface area contributed by atoms with E-state index in [-0.39, 0.29) is 22.8 Å². The third-order valence-corrected chi connectivity index (χ3v) is 9.10. The van der Waals surface area contributed by atoms with Gasteiger partial charge in [0.05, 0.1) is 5.60 Å². The number of hydrogen-bond acceptors (Lipinski definition) is 3. The molecule has 0 aromatic rings. The zero-order valence-electron chi connectivity index (χ0n) is 15.3. The van der Waals surface area contributed by atoms with E-state index < -0.39 is 13.9 Å². The monoisotopic (exact) mass is 314 g/mol. The Bertz CT molecular complexity index is 390. The summed E-state index contributed by atoms with van der Waals surface area (Å²) in [6, 6.07) is 0. The minimum absolute atomic E-state index is 0.108. The summed E-state index contributed by atoms with van der Waals surface area (Å²) < 4.78 is 12.6. The fourth-order valence-corrected chi connectivity index (χ4v) is 3.56. The van der Waals surface area contributed by atoms with Gasteiger partial charge in [-0.15, -0.1) is 0 Å². The van der Waals surface area contributed by atoms with Gasteiger partial charge in [-0.1, -0.05) is 39.8 Å². The SMILES string of the molecule is CC[C@]1(O)C=C[C@@H](OC(C)(C)C)[C@@H]1O[Si](C)(C)C(C)(C)C. The Morgan fingerprint density at radius 2 is 1.67 bits per heavy atom. The van der Waals surface area contributed by atoms with Crippen LogP contribution in [-0.4, -0.2) is 36.8 Å². The minimum atomic E-state index is -1.97. The highest BCUT2D eigenvalue weighted by Gasteiger charge is 2.50. The van der Waals surface area contributed by atoms with Crippen molar-refractivity contribution in [1.29, 1.82) is 0 Å². The summed E-state index contributed by atoms with van der Waals surface area (Å²) in [7, 11) is -1.97. The summed E-state index contributed by atoms with van der Waals surface area (Å²) in [6.07, 6.45) is 3.95. The second-order valence-electron chi connectivity index (χ2n) is 8.70. The zero-order chi connectivity index (χ0) is 16.7. The predicted molar refractivity (Wildman–Crippen MR) is 91.1 cm³/mol. The smallest absolute Gasteiger partial charge is 0.192 e. The lowest BCUT2D eigenvalue weighted by atomic mass is 9.96. The topological polar surface area (TPSA) is 38.7 Å². The summed E-state index contributed by atoms with van der Waals surface area (Å²) in [5.41, 5.74) is -1.19. The number of aliphatic hydroxyl groups is 1. The fraction of sp³-hybridized carbons (Fsp3) is 0.882. The molecule has 0 aromatic heterocycles. The Morgan fingerprint density at radius 1 is 1.14 bits per heavy atom. The largest absolute Gasteiger partial charge is 0.408 e. The highest BCUT2D eigenvalue weighted by Crippen LogP contribution is 2.42. The molecule has 0 amide bonds. The molecule has 4 heteroatoms. The van der Waals surface area contributed by atoms with Gasteiger partial charge < -0.3 is 14.3 Å². The van der Waals surface area contributed by atoms with Crippen molar-refractivity contribution in [3.8, 4) is 0 Å². The van der Waals surface area contributed by atoms with Gasteiger partial charge in [-0.25, -0.2) is 0 Å². The van der Waals surface area contributed by atoms with Crippen LogP contribution in [0.2, 0.25) is 18.1 Å². The van der Waals surface area contributed by atoms with E-state index in [1.165, 1.54) is 0 Å². The number of hydrogen-bond donors (Lipinski definition) is 1. The van der Waals surface area contributed by atoms with Crippen molar-refractivity contribution in [1.82, 2.24) is 0 Å². The van der Waals surface area contributed by atoms with Gasteiger partial charge in [0.25, 0.3) is 0 Å². The standard InChI is InChI=1S/C17H34O3Si/c1-10-17(18)12-11-13(19-15(2,3)4)14(17)20-21(8,9)16(5,6)7/h11-14,18H,10H2,1-9H3/t13-,14+,17+/m1/s1. The molecule has 1 rings (SSSR count). The third kappa shape index (κ3) is 4.41. The molecule has 0 aliphatic heterocycles. The molecule has 124 valence electrons. The maximum Gasteiger partial charge on any atom is 0.192 e. The van der Waals surface area contributed by atoms with Crippen molar-refractivity contribution in [3.05, 3.63) is 12.2 Å². The summed E-state index contributed by atoms with van der Waals surface area (Å²) in [4.78, 5) is 0. The molecule has 0 saturated heterocycles. The van der Waals surface area contributed by atoms with Crippen molar-refractivity contribution in [2.24, 2.45) is 0 Å². The average Bonchev–Trinajstić information content (AvgIpc) is 2.55. The molecule has 1 N–H and O–H groups in total. The van der Waals surface area contributed by atoms with E-state index in [0.29, 0.717) is 6.42 Å². The third-order valence-electron chi connectivity index (χ3n) is 4.65. The molecule has 0 aromatic carbocycles. The van der Waals surface area contributed by atoms with E-state index in [1.54, 1.807) is 0 Å². The summed E-state index contributed by atoms with van der Waals surface area (Å²) in [5, 5.41) is 11.0. The molecule has 0 spiro atoms. The zero-order valence-corrected chi connectivity index (χ0v) is 16.3. The molecule has 0 fully saturated rings. The Balaban J connectivity index is 3.02. The molecule has 0 unspecified atom stereocenters. The van der Waals surface area contributed by atoms with E-state index in [2.05, 4.69) is 33.9 Å². The molecule has 0 heterocycles. The van der Waals surface area contributed by atoms with Crippen LogP contribution in [0.3, 0.4) is 0 Å². The molecule has 0 bridgehead atoms. The molecule has 1 aliphatic rings. The van der Waals surface area contributed by atoms with Crippen LogP contribution in [0, 0.1) is 0 Å². The van der Waals surface area contributed by atoms with Crippen LogP contribution in [0.1, 0.15) is 54.9 Å². The average molecular weight is 315 g/mol.